The number of fused-ring (bicyclic) bond motifs is 1. The fourth-order valence-corrected chi connectivity index (χ4v) is 5.24. The van der Waals surface area contributed by atoms with Gasteiger partial charge in [0.2, 0.25) is 5.91 Å². The first kappa shape index (κ1) is 25.4. The molecular formula is C26H35FN2O3S. The minimum absolute atomic E-state index is 0.0243. The van der Waals surface area contributed by atoms with Gasteiger partial charge in [-0.2, -0.15) is 0 Å². The molecule has 1 aliphatic rings. The Labute approximate surface area is 200 Å². The highest BCUT2D eigenvalue weighted by Gasteiger charge is 2.33. The van der Waals surface area contributed by atoms with E-state index in [4.69, 9.17) is 4.74 Å². The van der Waals surface area contributed by atoms with Crippen molar-refractivity contribution in [2.75, 3.05) is 32.8 Å². The zero-order valence-electron chi connectivity index (χ0n) is 19.6. The zero-order chi connectivity index (χ0) is 23.8. The van der Waals surface area contributed by atoms with Gasteiger partial charge in [0.25, 0.3) is 0 Å². The predicted octanol–water partition coefficient (Wildman–Crippen LogP) is 4.68. The second-order valence-electron chi connectivity index (χ2n) is 9.03. The van der Waals surface area contributed by atoms with Gasteiger partial charge in [-0.05, 0) is 54.3 Å². The molecule has 3 rings (SSSR count). The fourth-order valence-electron chi connectivity index (χ4n) is 4.31. The maximum Gasteiger partial charge on any atom is 0.237 e. The third-order valence-electron chi connectivity index (χ3n) is 5.77. The van der Waals surface area contributed by atoms with Crippen LogP contribution in [0.25, 0.3) is 0 Å². The van der Waals surface area contributed by atoms with Crippen LogP contribution in [0.4, 0.5) is 4.39 Å². The third kappa shape index (κ3) is 7.39. The summed E-state index contributed by atoms with van der Waals surface area (Å²) in [5.74, 6) is 0.508. The highest BCUT2D eigenvalue weighted by atomic mass is 32.1. The second-order valence-corrected chi connectivity index (χ2v) is 10.0. The second kappa shape index (κ2) is 12.3. The van der Waals surface area contributed by atoms with Crippen molar-refractivity contribution < 1.29 is 19.0 Å². The number of hydrogen-bond acceptors (Lipinski definition) is 5. The minimum atomic E-state index is -0.494. The van der Waals surface area contributed by atoms with Gasteiger partial charge in [-0.3, -0.25) is 9.69 Å². The fraction of sp³-hybridized carbons (Fsp3) is 0.500. The number of rotatable bonds is 12. The zero-order valence-corrected chi connectivity index (χ0v) is 20.4. The molecule has 1 aliphatic heterocycles. The number of allylic oxidation sites excluding steroid dienone is 1. The van der Waals surface area contributed by atoms with E-state index in [1.165, 1.54) is 17.0 Å². The van der Waals surface area contributed by atoms with Gasteiger partial charge in [0.15, 0.2) is 0 Å². The van der Waals surface area contributed by atoms with Crippen LogP contribution < -0.4 is 4.74 Å². The summed E-state index contributed by atoms with van der Waals surface area (Å²) in [6.45, 7) is 10.3. The van der Waals surface area contributed by atoms with E-state index in [0.717, 1.165) is 24.9 Å². The Morgan fingerprint density at radius 1 is 1.39 bits per heavy atom. The first-order valence-electron chi connectivity index (χ1n) is 11.6. The maximum absolute atomic E-state index is 13.6. The lowest BCUT2D eigenvalue weighted by atomic mass is 10.00. The molecule has 2 unspecified atom stereocenters. The van der Waals surface area contributed by atoms with Crippen LogP contribution in [0, 0.1) is 11.7 Å². The van der Waals surface area contributed by atoms with E-state index >= 15 is 0 Å². The Balaban J connectivity index is 1.71. The van der Waals surface area contributed by atoms with E-state index in [-0.39, 0.29) is 30.9 Å². The lowest BCUT2D eigenvalue weighted by Gasteiger charge is -2.37. The van der Waals surface area contributed by atoms with Crippen molar-refractivity contribution >= 4 is 17.2 Å². The molecule has 33 heavy (non-hydrogen) atoms. The molecule has 0 radical (unpaired) electrons. The summed E-state index contributed by atoms with van der Waals surface area (Å²) in [5, 5.41) is 12.5. The molecule has 2 aromatic rings. The molecule has 0 aliphatic carbocycles. The molecular weight excluding hydrogens is 439 g/mol. The third-order valence-corrected chi connectivity index (χ3v) is 6.77. The van der Waals surface area contributed by atoms with Gasteiger partial charge in [0.05, 0.1) is 18.7 Å². The Morgan fingerprint density at radius 3 is 2.94 bits per heavy atom. The minimum Gasteiger partial charge on any atom is -0.491 e. The van der Waals surface area contributed by atoms with E-state index in [2.05, 4.69) is 31.9 Å². The summed E-state index contributed by atoms with van der Waals surface area (Å²) < 4.78 is 19.5. The number of hydrogen-bond donors (Lipinski definition) is 1. The lowest BCUT2D eigenvalue weighted by Crippen LogP contribution is -2.48. The maximum atomic E-state index is 13.6. The first-order chi connectivity index (χ1) is 15.9. The van der Waals surface area contributed by atoms with E-state index < -0.39 is 6.10 Å². The SMILES string of the molecule is C=CCCC(O)CN(CC(=O)N1CCc2sccc2C1COc1cccc(F)c1)CC(C)C. The standard InChI is InChI=1S/C26H35FN2O3S/c1-4-5-8-21(30)16-28(15-19(2)3)17-26(31)29-12-10-25-23(11-13-33-25)24(29)18-32-22-9-6-7-20(27)14-22/h4,6-7,9,11,13-14,19,21,24,30H,1,5,8,10,12,15-18H2,2-3H3. The molecule has 5 nitrogen and oxygen atoms in total. The van der Waals surface area contributed by atoms with E-state index in [9.17, 15) is 14.3 Å². The lowest BCUT2D eigenvalue weighted by molar-refractivity contribution is -0.136. The number of ether oxygens (including phenoxy) is 1. The van der Waals surface area contributed by atoms with Gasteiger partial charge in [-0.1, -0.05) is 26.0 Å². The van der Waals surface area contributed by atoms with Crippen molar-refractivity contribution in [3.63, 3.8) is 0 Å². The van der Waals surface area contributed by atoms with Crippen LogP contribution in [0.5, 0.6) is 5.75 Å². The average Bonchev–Trinajstić information content (AvgIpc) is 3.24. The van der Waals surface area contributed by atoms with Crippen LogP contribution in [0.2, 0.25) is 0 Å². The molecule has 1 aromatic carbocycles. The van der Waals surface area contributed by atoms with Crippen molar-refractivity contribution in [3.05, 3.63) is 64.6 Å². The van der Waals surface area contributed by atoms with Gasteiger partial charge in [-0.25, -0.2) is 4.39 Å². The number of halogens is 1. The molecule has 1 aromatic heterocycles. The monoisotopic (exact) mass is 474 g/mol. The molecule has 7 heteroatoms. The summed E-state index contributed by atoms with van der Waals surface area (Å²) in [6.07, 6.45) is 3.51. The summed E-state index contributed by atoms with van der Waals surface area (Å²) in [7, 11) is 0. The highest BCUT2D eigenvalue weighted by molar-refractivity contribution is 7.10. The van der Waals surface area contributed by atoms with Crippen LogP contribution in [-0.2, 0) is 11.2 Å². The van der Waals surface area contributed by atoms with Crippen molar-refractivity contribution in [3.8, 4) is 5.75 Å². The van der Waals surface area contributed by atoms with Crippen LogP contribution >= 0.6 is 11.3 Å². The Kier molecular flexibility index (Phi) is 9.47. The Bertz CT molecular complexity index is 916. The number of thiophene rings is 1. The summed E-state index contributed by atoms with van der Waals surface area (Å²) in [4.78, 5) is 18.7. The highest BCUT2D eigenvalue weighted by Crippen LogP contribution is 2.34. The first-order valence-corrected chi connectivity index (χ1v) is 12.5. The van der Waals surface area contributed by atoms with Crippen molar-refractivity contribution in [1.29, 1.82) is 0 Å². The molecule has 1 N–H and O–H groups in total. The van der Waals surface area contributed by atoms with Crippen molar-refractivity contribution in [2.45, 2.75) is 45.3 Å². The molecule has 180 valence electrons. The summed E-state index contributed by atoms with van der Waals surface area (Å²) in [5.41, 5.74) is 1.11. The van der Waals surface area contributed by atoms with Gasteiger partial charge >= 0.3 is 0 Å². The number of aliphatic hydroxyl groups is 1. The normalized spacial score (nSPS) is 16.7. The van der Waals surface area contributed by atoms with Gasteiger partial charge in [-0.15, -0.1) is 17.9 Å². The molecule has 0 fully saturated rings. The molecule has 0 saturated heterocycles. The molecule has 2 heterocycles. The molecule has 1 amide bonds. The molecule has 0 spiro atoms. The van der Waals surface area contributed by atoms with Crippen LogP contribution in [0.3, 0.4) is 0 Å². The molecule has 0 bridgehead atoms. The van der Waals surface area contributed by atoms with Crippen LogP contribution in [-0.4, -0.2) is 59.7 Å². The molecule has 0 saturated carbocycles. The van der Waals surface area contributed by atoms with Crippen molar-refractivity contribution in [1.82, 2.24) is 9.80 Å². The van der Waals surface area contributed by atoms with E-state index in [1.807, 2.05) is 9.80 Å². The van der Waals surface area contributed by atoms with Gasteiger partial charge < -0.3 is 14.7 Å². The average molecular weight is 475 g/mol. The number of nitrogens with zero attached hydrogens (tertiary/aromatic N) is 2. The van der Waals surface area contributed by atoms with Crippen LogP contribution in [0.15, 0.2) is 48.4 Å². The van der Waals surface area contributed by atoms with Gasteiger partial charge in [0.1, 0.15) is 18.2 Å². The number of carbonyl (C=O) groups is 1. The van der Waals surface area contributed by atoms with E-state index in [1.54, 1.807) is 29.5 Å². The quantitative estimate of drug-likeness (QED) is 0.454. The molecule has 2 atom stereocenters. The predicted molar refractivity (Wildman–Crippen MR) is 131 cm³/mol. The number of carbonyl (C=O) groups excluding carboxylic acids is 1. The van der Waals surface area contributed by atoms with Gasteiger partial charge in [0, 0.05) is 30.6 Å². The Morgan fingerprint density at radius 2 is 2.21 bits per heavy atom. The smallest absolute Gasteiger partial charge is 0.237 e. The Hall–Kier alpha value is -2.22. The summed E-state index contributed by atoms with van der Waals surface area (Å²) in [6, 6.07) is 7.92. The number of amides is 1. The summed E-state index contributed by atoms with van der Waals surface area (Å²) >= 11 is 1.70. The van der Waals surface area contributed by atoms with E-state index in [0.29, 0.717) is 31.2 Å². The van der Waals surface area contributed by atoms with Crippen molar-refractivity contribution in [2.24, 2.45) is 5.92 Å². The number of aliphatic hydroxyl groups excluding tert-OH is 1. The largest absolute Gasteiger partial charge is 0.491 e. The number of benzene rings is 1. The topological polar surface area (TPSA) is 53.0 Å². The van der Waals surface area contributed by atoms with Crippen LogP contribution in [0.1, 0.15) is 43.2 Å².